The van der Waals surface area contributed by atoms with Gasteiger partial charge in [0.15, 0.2) is 0 Å². The Hall–Kier alpha value is -2.50. The SMILES string of the molecule is C=C(NC(=O)Nc1cccc(O)c1)C(=O)O. The largest absolute Gasteiger partial charge is 0.508 e. The molecule has 6 heteroatoms. The normalized spacial score (nSPS) is 9.25. The van der Waals surface area contributed by atoms with Crippen LogP contribution in [0.15, 0.2) is 36.5 Å². The van der Waals surface area contributed by atoms with Gasteiger partial charge < -0.3 is 20.8 Å². The highest BCUT2D eigenvalue weighted by Crippen LogP contribution is 2.14. The number of phenolic OH excluding ortho intramolecular Hbond substituents is 1. The molecule has 0 aliphatic rings. The van der Waals surface area contributed by atoms with Crippen LogP contribution in [-0.4, -0.2) is 22.2 Å². The summed E-state index contributed by atoms with van der Waals surface area (Å²) in [6.07, 6.45) is 0. The number of urea groups is 1. The zero-order valence-corrected chi connectivity index (χ0v) is 8.23. The van der Waals surface area contributed by atoms with Crippen LogP contribution in [0.25, 0.3) is 0 Å². The van der Waals surface area contributed by atoms with Crippen molar-refractivity contribution in [1.82, 2.24) is 5.32 Å². The molecule has 0 bridgehead atoms. The molecule has 84 valence electrons. The van der Waals surface area contributed by atoms with Gasteiger partial charge in [-0.05, 0) is 12.1 Å². The first kappa shape index (κ1) is 11.6. The smallest absolute Gasteiger partial charge is 0.351 e. The number of carboxylic acid groups (broad SMARTS) is 1. The first-order chi connectivity index (χ1) is 7.49. The van der Waals surface area contributed by atoms with Gasteiger partial charge in [-0.3, -0.25) is 0 Å². The molecular weight excluding hydrogens is 212 g/mol. The van der Waals surface area contributed by atoms with Crippen LogP contribution in [0.1, 0.15) is 0 Å². The fourth-order valence-electron chi connectivity index (χ4n) is 0.937. The summed E-state index contributed by atoms with van der Waals surface area (Å²) in [5.41, 5.74) is -0.0895. The van der Waals surface area contributed by atoms with Crippen LogP contribution in [0.3, 0.4) is 0 Å². The Kier molecular flexibility index (Phi) is 3.49. The van der Waals surface area contributed by atoms with Crippen molar-refractivity contribution < 1.29 is 19.8 Å². The number of hydrogen-bond donors (Lipinski definition) is 4. The van der Waals surface area contributed by atoms with Crippen molar-refractivity contribution in [3.63, 3.8) is 0 Å². The molecule has 0 aliphatic carbocycles. The fraction of sp³-hybridized carbons (Fsp3) is 0. The van der Waals surface area contributed by atoms with E-state index < -0.39 is 17.7 Å². The monoisotopic (exact) mass is 222 g/mol. The Bertz CT molecular complexity index is 442. The molecule has 0 heterocycles. The van der Waals surface area contributed by atoms with Gasteiger partial charge in [-0.1, -0.05) is 12.6 Å². The van der Waals surface area contributed by atoms with E-state index in [0.29, 0.717) is 5.69 Å². The second-order valence-corrected chi connectivity index (χ2v) is 2.91. The number of aliphatic carboxylic acids is 1. The summed E-state index contributed by atoms with van der Waals surface area (Å²) >= 11 is 0. The summed E-state index contributed by atoms with van der Waals surface area (Å²) in [5, 5.41) is 21.9. The van der Waals surface area contributed by atoms with E-state index in [0.717, 1.165) is 0 Å². The maximum absolute atomic E-state index is 11.2. The quantitative estimate of drug-likeness (QED) is 0.576. The molecule has 1 rings (SSSR count). The first-order valence-corrected chi connectivity index (χ1v) is 4.28. The number of carboxylic acids is 1. The van der Waals surface area contributed by atoms with E-state index in [-0.39, 0.29) is 5.75 Å². The van der Waals surface area contributed by atoms with Gasteiger partial charge in [0.1, 0.15) is 11.4 Å². The summed E-state index contributed by atoms with van der Waals surface area (Å²) < 4.78 is 0. The second kappa shape index (κ2) is 4.83. The van der Waals surface area contributed by atoms with Crippen LogP contribution in [0, 0.1) is 0 Å². The molecule has 16 heavy (non-hydrogen) atoms. The Labute approximate surface area is 91.2 Å². The van der Waals surface area contributed by atoms with Crippen LogP contribution in [0.2, 0.25) is 0 Å². The Balaban J connectivity index is 2.58. The van der Waals surface area contributed by atoms with Gasteiger partial charge in [0.25, 0.3) is 0 Å². The lowest BCUT2D eigenvalue weighted by atomic mass is 10.3. The molecule has 0 saturated carbocycles. The number of carbonyl (C=O) groups excluding carboxylic acids is 1. The van der Waals surface area contributed by atoms with E-state index in [1.165, 1.54) is 18.2 Å². The number of carbonyl (C=O) groups is 2. The third-order valence-electron chi connectivity index (χ3n) is 1.63. The molecule has 2 amide bonds. The lowest BCUT2D eigenvalue weighted by Gasteiger charge is -2.06. The lowest BCUT2D eigenvalue weighted by molar-refractivity contribution is -0.132. The molecule has 0 unspecified atom stereocenters. The Morgan fingerprint density at radius 1 is 1.31 bits per heavy atom. The Morgan fingerprint density at radius 3 is 2.56 bits per heavy atom. The second-order valence-electron chi connectivity index (χ2n) is 2.91. The van der Waals surface area contributed by atoms with Gasteiger partial charge in [-0.2, -0.15) is 0 Å². The van der Waals surface area contributed by atoms with Gasteiger partial charge in [0, 0.05) is 11.8 Å². The van der Waals surface area contributed by atoms with Crippen molar-refractivity contribution in [3.05, 3.63) is 36.5 Å². The van der Waals surface area contributed by atoms with Crippen molar-refractivity contribution in [2.75, 3.05) is 5.32 Å². The molecule has 4 N–H and O–H groups in total. The maximum atomic E-state index is 11.2. The van der Waals surface area contributed by atoms with Gasteiger partial charge in [-0.25, -0.2) is 9.59 Å². The third kappa shape index (κ3) is 3.33. The highest BCUT2D eigenvalue weighted by molar-refractivity contribution is 5.96. The number of amides is 2. The lowest BCUT2D eigenvalue weighted by Crippen LogP contribution is -2.30. The molecule has 0 aromatic heterocycles. The minimum Gasteiger partial charge on any atom is -0.508 e. The first-order valence-electron chi connectivity index (χ1n) is 4.28. The number of aromatic hydroxyl groups is 1. The maximum Gasteiger partial charge on any atom is 0.351 e. The molecular formula is C10H10N2O4. The van der Waals surface area contributed by atoms with Gasteiger partial charge in [0.05, 0.1) is 0 Å². The molecule has 0 aliphatic heterocycles. The molecule has 0 radical (unpaired) electrons. The number of benzene rings is 1. The van der Waals surface area contributed by atoms with E-state index in [9.17, 15) is 9.59 Å². The number of nitrogens with one attached hydrogen (secondary N) is 2. The predicted molar refractivity (Wildman–Crippen MR) is 57.0 cm³/mol. The number of anilines is 1. The van der Waals surface area contributed by atoms with E-state index in [4.69, 9.17) is 10.2 Å². The summed E-state index contributed by atoms with van der Waals surface area (Å²) in [6, 6.07) is 5.11. The number of phenols is 1. The fourth-order valence-corrected chi connectivity index (χ4v) is 0.937. The summed E-state index contributed by atoms with van der Waals surface area (Å²) in [4.78, 5) is 21.6. The molecule has 6 nitrogen and oxygen atoms in total. The van der Waals surface area contributed by atoms with E-state index >= 15 is 0 Å². The minimum atomic E-state index is -1.31. The third-order valence-corrected chi connectivity index (χ3v) is 1.63. The molecule has 1 aromatic carbocycles. The predicted octanol–water partition coefficient (Wildman–Crippen LogP) is 1.11. The van der Waals surface area contributed by atoms with Gasteiger partial charge in [-0.15, -0.1) is 0 Å². The minimum absolute atomic E-state index is 0.00476. The zero-order valence-electron chi connectivity index (χ0n) is 8.23. The topological polar surface area (TPSA) is 98.7 Å². The summed E-state index contributed by atoms with van der Waals surface area (Å²) in [7, 11) is 0. The number of rotatable bonds is 3. The van der Waals surface area contributed by atoms with Crippen LogP contribution in [0.4, 0.5) is 10.5 Å². The van der Waals surface area contributed by atoms with Crippen molar-refractivity contribution in [3.8, 4) is 5.75 Å². The summed E-state index contributed by atoms with van der Waals surface area (Å²) in [6.45, 7) is 3.13. The highest BCUT2D eigenvalue weighted by Gasteiger charge is 2.08. The average molecular weight is 222 g/mol. The van der Waals surface area contributed by atoms with E-state index in [1.54, 1.807) is 6.07 Å². The standard InChI is InChI=1S/C10H10N2O4/c1-6(9(14)15)11-10(16)12-7-3-2-4-8(13)5-7/h2-5,13H,1H2,(H,14,15)(H2,11,12,16). The van der Waals surface area contributed by atoms with Crippen LogP contribution >= 0.6 is 0 Å². The number of hydrogen-bond acceptors (Lipinski definition) is 3. The van der Waals surface area contributed by atoms with Crippen molar-refractivity contribution in [2.24, 2.45) is 0 Å². The average Bonchev–Trinajstić information content (AvgIpc) is 2.16. The Morgan fingerprint density at radius 2 is 2.00 bits per heavy atom. The molecule has 0 spiro atoms. The highest BCUT2D eigenvalue weighted by atomic mass is 16.4. The van der Waals surface area contributed by atoms with Gasteiger partial charge in [0.2, 0.25) is 0 Å². The molecule has 0 atom stereocenters. The molecule has 0 saturated heterocycles. The molecule has 1 aromatic rings. The van der Waals surface area contributed by atoms with Gasteiger partial charge >= 0.3 is 12.0 Å². The van der Waals surface area contributed by atoms with Crippen LogP contribution in [0.5, 0.6) is 5.75 Å². The van der Waals surface area contributed by atoms with E-state index in [1.807, 2.05) is 5.32 Å². The summed E-state index contributed by atoms with van der Waals surface area (Å²) in [5.74, 6) is -1.32. The van der Waals surface area contributed by atoms with E-state index in [2.05, 4.69) is 11.9 Å². The van der Waals surface area contributed by atoms with Crippen LogP contribution < -0.4 is 10.6 Å². The van der Waals surface area contributed by atoms with Crippen molar-refractivity contribution in [1.29, 1.82) is 0 Å². The van der Waals surface area contributed by atoms with Crippen LogP contribution in [-0.2, 0) is 4.79 Å². The molecule has 0 fully saturated rings. The van der Waals surface area contributed by atoms with Crippen molar-refractivity contribution in [2.45, 2.75) is 0 Å². The zero-order chi connectivity index (χ0) is 12.1. The van der Waals surface area contributed by atoms with Crippen molar-refractivity contribution >= 4 is 17.7 Å².